The number of aryl methyl sites for hydroxylation is 1. The van der Waals surface area contributed by atoms with Crippen molar-refractivity contribution < 1.29 is 23.1 Å². The molecule has 0 bridgehead atoms. The summed E-state index contributed by atoms with van der Waals surface area (Å²) in [6, 6.07) is 17.9. The number of carbonyl (C=O) groups is 2. The fourth-order valence-corrected chi connectivity index (χ4v) is 8.92. The molecule has 40 heavy (non-hydrogen) atoms. The number of thiophene rings is 1. The number of carboxylic acids is 1. The van der Waals surface area contributed by atoms with Crippen LogP contribution in [0, 0.1) is 5.92 Å². The molecule has 0 spiro atoms. The largest absolute Gasteiger partial charge is 0.477 e. The fourth-order valence-electron chi connectivity index (χ4n) is 6.27. The monoisotopic (exact) mass is 577 g/mol. The van der Waals surface area contributed by atoms with Crippen LogP contribution < -0.4 is 4.90 Å². The summed E-state index contributed by atoms with van der Waals surface area (Å²) in [6.07, 6.45) is 6.67. The number of amides is 1. The first kappa shape index (κ1) is 26.7. The number of hydrogen-bond acceptors (Lipinski definition) is 5. The van der Waals surface area contributed by atoms with E-state index in [2.05, 4.69) is 0 Å². The van der Waals surface area contributed by atoms with Crippen LogP contribution in [0.4, 0.5) is 5.69 Å². The molecule has 208 valence electrons. The molecule has 2 aromatic carbocycles. The number of fused-ring (bicyclic) bond motifs is 1. The second-order valence-electron chi connectivity index (χ2n) is 10.6. The molecule has 1 saturated carbocycles. The van der Waals surface area contributed by atoms with Crippen molar-refractivity contribution in [2.75, 3.05) is 18.0 Å². The number of anilines is 1. The third-order valence-corrected chi connectivity index (χ3v) is 11.2. The molecule has 2 aliphatic rings. The maximum Gasteiger partial charge on any atom is 0.348 e. The van der Waals surface area contributed by atoms with Gasteiger partial charge in [-0.15, -0.1) is 11.3 Å². The van der Waals surface area contributed by atoms with Crippen LogP contribution in [0.15, 0.2) is 71.8 Å². The molecule has 8 nitrogen and oxygen atoms in total. The topological polar surface area (TPSA) is 99.9 Å². The molecule has 1 amide bonds. The molecule has 2 fully saturated rings. The van der Waals surface area contributed by atoms with Gasteiger partial charge < -0.3 is 14.6 Å². The van der Waals surface area contributed by atoms with Gasteiger partial charge in [-0.2, -0.15) is 4.31 Å². The predicted octanol–water partition coefficient (Wildman–Crippen LogP) is 5.59. The third kappa shape index (κ3) is 4.63. The van der Waals surface area contributed by atoms with E-state index in [1.807, 2.05) is 55.7 Å². The van der Waals surface area contributed by atoms with Crippen molar-refractivity contribution >= 4 is 49.8 Å². The lowest BCUT2D eigenvalue weighted by Crippen LogP contribution is -2.60. The van der Waals surface area contributed by atoms with Crippen molar-refractivity contribution in [1.29, 1.82) is 0 Å². The van der Waals surface area contributed by atoms with Crippen LogP contribution >= 0.6 is 11.3 Å². The first-order valence-corrected chi connectivity index (χ1v) is 15.8. The van der Waals surface area contributed by atoms with Crippen LogP contribution in [0.1, 0.15) is 41.8 Å². The van der Waals surface area contributed by atoms with Gasteiger partial charge in [0.15, 0.2) is 0 Å². The van der Waals surface area contributed by atoms with Crippen molar-refractivity contribution in [3.8, 4) is 10.4 Å². The molecule has 1 saturated heterocycles. The number of nitrogens with zero attached hydrogens (tertiary/aromatic N) is 3. The second-order valence-corrected chi connectivity index (χ2v) is 13.6. The first-order valence-electron chi connectivity index (χ1n) is 13.5. The molecule has 10 heteroatoms. The quantitative estimate of drug-likeness (QED) is 0.322. The van der Waals surface area contributed by atoms with E-state index >= 15 is 0 Å². The van der Waals surface area contributed by atoms with E-state index < -0.39 is 27.9 Å². The molecular weight excluding hydrogens is 546 g/mol. The number of benzene rings is 2. The molecule has 1 N–H and O–H groups in total. The van der Waals surface area contributed by atoms with Gasteiger partial charge in [0.05, 0.1) is 23.8 Å². The zero-order chi connectivity index (χ0) is 28.0. The summed E-state index contributed by atoms with van der Waals surface area (Å²) in [7, 11) is -2.19. The number of para-hydroxylation sites is 1. The average molecular weight is 578 g/mol. The van der Waals surface area contributed by atoms with Crippen LogP contribution in [0.25, 0.3) is 21.3 Å². The van der Waals surface area contributed by atoms with Gasteiger partial charge in [-0.05, 0) is 42.5 Å². The van der Waals surface area contributed by atoms with Gasteiger partial charge in [-0.25, -0.2) is 13.2 Å². The van der Waals surface area contributed by atoms with E-state index in [0.29, 0.717) is 11.2 Å². The number of carbonyl (C=O) groups excluding carboxylic acids is 1. The summed E-state index contributed by atoms with van der Waals surface area (Å²) < 4.78 is 31.3. The molecule has 1 atom stereocenters. The summed E-state index contributed by atoms with van der Waals surface area (Å²) in [4.78, 5) is 29.0. The van der Waals surface area contributed by atoms with E-state index in [1.54, 1.807) is 27.7 Å². The van der Waals surface area contributed by atoms with Gasteiger partial charge in [0.2, 0.25) is 15.9 Å². The zero-order valence-electron chi connectivity index (χ0n) is 22.2. The molecule has 3 heterocycles. The highest BCUT2D eigenvalue weighted by atomic mass is 32.2. The van der Waals surface area contributed by atoms with Crippen LogP contribution in [0.5, 0.6) is 0 Å². The lowest BCUT2D eigenvalue weighted by Gasteiger charge is -2.45. The Kier molecular flexibility index (Phi) is 7.02. The fraction of sp³-hybridized carbons (Fsp3) is 0.333. The van der Waals surface area contributed by atoms with Crippen molar-refractivity contribution in [3.05, 3.63) is 71.7 Å². The summed E-state index contributed by atoms with van der Waals surface area (Å²) in [5, 5.41) is 11.0. The highest BCUT2D eigenvalue weighted by Crippen LogP contribution is 2.42. The highest BCUT2D eigenvalue weighted by Gasteiger charge is 2.44. The number of rotatable bonds is 6. The van der Waals surface area contributed by atoms with Gasteiger partial charge in [-0.1, -0.05) is 61.7 Å². The Balaban J connectivity index is 1.43. The van der Waals surface area contributed by atoms with Crippen molar-refractivity contribution in [2.45, 2.75) is 43.0 Å². The Morgan fingerprint density at radius 1 is 1.00 bits per heavy atom. The van der Waals surface area contributed by atoms with Crippen molar-refractivity contribution in [1.82, 2.24) is 8.87 Å². The van der Waals surface area contributed by atoms with Gasteiger partial charge in [0.25, 0.3) is 0 Å². The summed E-state index contributed by atoms with van der Waals surface area (Å²) >= 11 is 1.14. The molecule has 1 aliphatic carbocycles. The number of aromatic carboxylic acids is 1. The van der Waals surface area contributed by atoms with E-state index in [4.69, 9.17) is 0 Å². The van der Waals surface area contributed by atoms with Crippen molar-refractivity contribution in [3.63, 3.8) is 0 Å². The minimum Gasteiger partial charge on any atom is -0.477 e. The van der Waals surface area contributed by atoms with E-state index in [1.165, 1.54) is 4.31 Å². The Morgan fingerprint density at radius 2 is 1.75 bits per heavy atom. The van der Waals surface area contributed by atoms with Gasteiger partial charge in [0, 0.05) is 30.1 Å². The second kappa shape index (κ2) is 10.5. The van der Waals surface area contributed by atoms with Gasteiger partial charge >= 0.3 is 5.97 Å². The maximum absolute atomic E-state index is 14.1. The SMILES string of the molecule is Cn1ccc2cccc(S(=O)(=O)N3CC(=O)N(c4cc(-c5ccccc5)sc4C(=O)O)C(C4CCCCC4)C3)c21. The highest BCUT2D eigenvalue weighted by molar-refractivity contribution is 7.89. The Labute approximate surface area is 237 Å². The van der Waals surface area contributed by atoms with E-state index in [0.717, 1.165) is 59.3 Å². The Morgan fingerprint density at radius 3 is 2.48 bits per heavy atom. The van der Waals surface area contributed by atoms with E-state index in [-0.39, 0.29) is 28.8 Å². The number of carboxylic acid groups (broad SMARTS) is 1. The number of piperazine rings is 1. The van der Waals surface area contributed by atoms with E-state index in [9.17, 15) is 23.1 Å². The Hall–Kier alpha value is -3.47. The van der Waals surface area contributed by atoms with Gasteiger partial charge in [0.1, 0.15) is 9.77 Å². The van der Waals surface area contributed by atoms with Crippen LogP contribution in [-0.4, -0.2) is 53.4 Å². The molecule has 2 aromatic heterocycles. The summed E-state index contributed by atoms with van der Waals surface area (Å²) in [5.74, 6) is -1.42. The lowest BCUT2D eigenvalue weighted by molar-refractivity contribution is -0.121. The van der Waals surface area contributed by atoms with Crippen LogP contribution in [0.3, 0.4) is 0 Å². The number of aromatic nitrogens is 1. The molecule has 1 aliphatic heterocycles. The van der Waals surface area contributed by atoms with Gasteiger partial charge in [-0.3, -0.25) is 4.79 Å². The third-order valence-electron chi connectivity index (χ3n) is 8.20. The number of sulfonamides is 1. The van der Waals surface area contributed by atoms with Crippen LogP contribution in [-0.2, 0) is 21.9 Å². The normalized spacial score (nSPS) is 19.4. The maximum atomic E-state index is 14.1. The minimum absolute atomic E-state index is 0.0725. The van der Waals surface area contributed by atoms with Crippen LogP contribution in [0.2, 0.25) is 0 Å². The zero-order valence-corrected chi connectivity index (χ0v) is 23.8. The standard InChI is InChI=1S/C30H31N3O5S2/c1-31-16-15-22-13-8-14-26(28(22)31)40(37,38)32-18-24(20-9-4-2-5-10-20)33(27(34)19-32)23-17-25(39-29(23)30(35)36)21-11-6-3-7-12-21/h3,6-8,11-17,20,24H,2,4-5,9-10,18-19H2,1H3,(H,35,36). The summed E-state index contributed by atoms with van der Waals surface area (Å²) in [6.45, 7) is -0.225. The minimum atomic E-state index is -4.00. The molecule has 1 unspecified atom stereocenters. The molecule has 6 rings (SSSR count). The first-order chi connectivity index (χ1) is 19.3. The Bertz CT molecular complexity index is 1690. The summed E-state index contributed by atoms with van der Waals surface area (Å²) in [5.41, 5.74) is 1.84. The number of hydrogen-bond donors (Lipinski definition) is 1. The lowest BCUT2D eigenvalue weighted by atomic mass is 9.82. The predicted molar refractivity (Wildman–Crippen MR) is 156 cm³/mol. The molecule has 0 radical (unpaired) electrons. The molecular formula is C30H31N3O5S2. The molecule has 4 aromatic rings. The van der Waals surface area contributed by atoms with Crippen molar-refractivity contribution in [2.24, 2.45) is 13.0 Å². The smallest absolute Gasteiger partial charge is 0.348 e. The average Bonchev–Trinajstić information content (AvgIpc) is 3.58.